The SMILES string of the molecule is CC(C)(C)OC(=O)N1CCC(CNC(=O)c2cc(Cl)ccc2O)CC1. The van der Waals surface area contributed by atoms with E-state index in [0.717, 1.165) is 12.8 Å². The molecule has 25 heavy (non-hydrogen) atoms. The van der Waals surface area contributed by atoms with Gasteiger partial charge in [-0.3, -0.25) is 4.79 Å². The number of carbonyl (C=O) groups excluding carboxylic acids is 2. The van der Waals surface area contributed by atoms with Crippen LogP contribution in [0, 0.1) is 5.92 Å². The Bertz CT molecular complexity index is 634. The van der Waals surface area contributed by atoms with Gasteiger partial charge in [-0.05, 0) is 57.7 Å². The van der Waals surface area contributed by atoms with Gasteiger partial charge in [0.05, 0.1) is 5.56 Å². The van der Waals surface area contributed by atoms with Crippen LogP contribution in [0.5, 0.6) is 5.75 Å². The molecule has 2 N–H and O–H groups in total. The number of phenols is 1. The van der Waals surface area contributed by atoms with Crippen molar-refractivity contribution in [2.24, 2.45) is 5.92 Å². The largest absolute Gasteiger partial charge is 0.507 e. The van der Waals surface area contributed by atoms with Gasteiger partial charge in [0.25, 0.3) is 5.91 Å². The summed E-state index contributed by atoms with van der Waals surface area (Å²) in [5, 5.41) is 13.0. The molecule has 7 heteroatoms. The van der Waals surface area contributed by atoms with Crippen LogP contribution in [0.4, 0.5) is 4.79 Å². The first-order valence-electron chi connectivity index (χ1n) is 8.40. The number of nitrogens with zero attached hydrogens (tertiary/aromatic N) is 1. The minimum Gasteiger partial charge on any atom is -0.507 e. The summed E-state index contributed by atoms with van der Waals surface area (Å²) in [6.07, 6.45) is 1.29. The lowest BCUT2D eigenvalue weighted by molar-refractivity contribution is 0.0183. The molecule has 0 spiro atoms. The number of benzene rings is 1. The van der Waals surface area contributed by atoms with Crippen molar-refractivity contribution >= 4 is 23.6 Å². The highest BCUT2D eigenvalue weighted by Crippen LogP contribution is 2.22. The first-order valence-corrected chi connectivity index (χ1v) is 8.78. The van der Waals surface area contributed by atoms with E-state index in [0.29, 0.717) is 24.7 Å². The van der Waals surface area contributed by atoms with Crippen molar-refractivity contribution in [3.8, 4) is 5.75 Å². The van der Waals surface area contributed by atoms with E-state index in [1.54, 1.807) is 4.90 Å². The van der Waals surface area contributed by atoms with Gasteiger partial charge in [-0.15, -0.1) is 0 Å². The van der Waals surface area contributed by atoms with Crippen molar-refractivity contribution in [2.45, 2.75) is 39.2 Å². The van der Waals surface area contributed by atoms with E-state index in [2.05, 4.69) is 5.32 Å². The number of aromatic hydroxyl groups is 1. The van der Waals surface area contributed by atoms with Crippen LogP contribution in [-0.2, 0) is 4.74 Å². The number of rotatable bonds is 3. The van der Waals surface area contributed by atoms with E-state index in [1.807, 2.05) is 20.8 Å². The summed E-state index contributed by atoms with van der Waals surface area (Å²) in [4.78, 5) is 25.9. The van der Waals surface area contributed by atoms with Gasteiger partial charge >= 0.3 is 6.09 Å². The number of piperidine rings is 1. The third kappa shape index (κ3) is 5.81. The predicted octanol–water partition coefficient (Wildman–Crippen LogP) is 3.42. The maximum absolute atomic E-state index is 12.2. The van der Waals surface area contributed by atoms with E-state index < -0.39 is 5.60 Å². The van der Waals surface area contributed by atoms with Gasteiger partial charge in [0.1, 0.15) is 11.4 Å². The van der Waals surface area contributed by atoms with Crippen LogP contribution in [0.25, 0.3) is 0 Å². The maximum Gasteiger partial charge on any atom is 0.410 e. The Balaban J connectivity index is 1.79. The Hall–Kier alpha value is -1.95. The number of hydrogen-bond donors (Lipinski definition) is 2. The molecule has 1 heterocycles. The molecule has 0 radical (unpaired) electrons. The zero-order valence-electron chi connectivity index (χ0n) is 14.8. The van der Waals surface area contributed by atoms with Gasteiger partial charge in [0.15, 0.2) is 0 Å². The number of amides is 2. The van der Waals surface area contributed by atoms with Crippen molar-refractivity contribution < 1.29 is 19.4 Å². The smallest absolute Gasteiger partial charge is 0.410 e. The summed E-state index contributed by atoms with van der Waals surface area (Å²) in [5.74, 6) is -0.166. The monoisotopic (exact) mass is 368 g/mol. The minimum absolute atomic E-state index is 0.0957. The Morgan fingerprint density at radius 3 is 2.56 bits per heavy atom. The number of nitrogens with one attached hydrogen (secondary N) is 1. The van der Waals surface area contributed by atoms with Gasteiger partial charge in [-0.1, -0.05) is 11.6 Å². The summed E-state index contributed by atoms with van der Waals surface area (Å²) in [6, 6.07) is 4.37. The molecule has 1 saturated heterocycles. The zero-order chi connectivity index (χ0) is 18.6. The highest BCUT2D eigenvalue weighted by Gasteiger charge is 2.27. The Morgan fingerprint density at radius 2 is 1.96 bits per heavy atom. The first kappa shape index (κ1) is 19.4. The standard InChI is InChI=1S/C18H25ClN2O4/c1-18(2,3)25-17(24)21-8-6-12(7-9-21)11-20-16(23)14-10-13(19)4-5-15(14)22/h4-5,10,12,22H,6-9,11H2,1-3H3,(H,20,23). The van der Waals surface area contributed by atoms with Gasteiger partial charge in [0.2, 0.25) is 0 Å². The topological polar surface area (TPSA) is 78.9 Å². The molecule has 0 bridgehead atoms. The number of likely N-dealkylation sites (tertiary alicyclic amines) is 1. The molecule has 0 saturated carbocycles. The fourth-order valence-corrected chi connectivity index (χ4v) is 2.84. The number of phenolic OH excluding ortho intramolecular Hbond substituents is 1. The number of halogens is 1. The fourth-order valence-electron chi connectivity index (χ4n) is 2.67. The van der Waals surface area contributed by atoms with E-state index in [4.69, 9.17) is 16.3 Å². The molecular weight excluding hydrogens is 344 g/mol. The quantitative estimate of drug-likeness (QED) is 0.856. The predicted molar refractivity (Wildman–Crippen MR) is 96.0 cm³/mol. The van der Waals surface area contributed by atoms with Gasteiger partial charge in [-0.25, -0.2) is 4.79 Å². The molecule has 0 aromatic heterocycles. The van der Waals surface area contributed by atoms with E-state index in [-0.39, 0.29) is 29.2 Å². The molecule has 0 aliphatic carbocycles. The van der Waals surface area contributed by atoms with Crippen LogP contribution >= 0.6 is 11.6 Å². The van der Waals surface area contributed by atoms with Crippen molar-refractivity contribution in [3.05, 3.63) is 28.8 Å². The normalized spacial score (nSPS) is 15.8. The van der Waals surface area contributed by atoms with Crippen molar-refractivity contribution in [1.29, 1.82) is 0 Å². The Morgan fingerprint density at radius 1 is 1.32 bits per heavy atom. The van der Waals surface area contributed by atoms with E-state index >= 15 is 0 Å². The highest BCUT2D eigenvalue weighted by atomic mass is 35.5. The van der Waals surface area contributed by atoms with Crippen LogP contribution < -0.4 is 5.32 Å². The molecule has 0 unspecified atom stereocenters. The average molecular weight is 369 g/mol. The van der Waals surface area contributed by atoms with Crippen molar-refractivity contribution in [1.82, 2.24) is 10.2 Å². The van der Waals surface area contributed by atoms with Gasteiger partial charge < -0.3 is 20.1 Å². The van der Waals surface area contributed by atoms with Crippen LogP contribution in [-0.4, -0.2) is 47.2 Å². The van der Waals surface area contributed by atoms with Crippen molar-refractivity contribution in [3.63, 3.8) is 0 Å². The Kier molecular flexibility index (Phi) is 6.16. The molecule has 6 nitrogen and oxygen atoms in total. The third-order valence-corrected chi connectivity index (χ3v) is 4.26. The molecular formula is C18H25ClN2O4. The van der Waals surface area contributed by atoms with Crippen LogP contribution in [0.3, 0.4) is 0 Å². The number of carbonyl (C=O) groups is 2. The second kappa shape index (κ2) is 7.95. The van der Waals surface area contributed by atoms with Crippen LogP contribution in [0.1, 0.15) is 44.0 Å². The Labute approximate surface area is 153 Å². The molecule has 2 rings (SSSR count). The second-order valence-corrected chi connectivity index (χ2v) is 7.72. The minimum atomic E-state index is -0.499. The third-order valence-electron chi connectivity index (χ3n) is 4.02. The molecule has 2 amide bonds. The van der Waals surface area contributed by atoms with Crippen molar-refractivity contribution in [2.75, 3.05) is 19.6 Å². The summed E-state index contributed by atoms with van der Waals surface area (Å²) < 4.78 is 5.37. The fraction of sp³-hybridized carbons (Fsp3) is 0.556. The summed E-state index contributed by atoms with van der Waals surface area (Å²) in [7, 11) is 0. The molecule has 138 valence electrons. The molecule has 1 aromatic carbocycles. The first-order chi connectivity index (χ1) is 11.7. The number of hydrogen-bond acceptors (Lipinski definition) is 4. The lowest BCUT2D eigenvalue weighted by Gasteiger charge is -2.33. The van der Waals surface area contributed by atoms with E-state index in [1.165, 1.54) is 18.2 Å². The second-order valence-electron chi connectivity index (χ2n) is 7.28. The summed E-state index contributed by atoms with van der Waals surface area (Å²) in [5.41, 5.74) is -0.334. The zero-order valence-corrected chi connectivity index (χ0v) is 15.6. The highest BCUT2D eigenvalue weighted by molar-refractivity contribution is 6.31. The summed E-state index contributed by atoms with van der Waals surface area (Å²) in [6.45, 7) is 7.25. The molecule has 1 aliphatic rings. The lowest BCUT2D eigenvalue weighted by Crippen LogP contribution is -2.43. The van der Waals surface area contributed by atoms with Gasteiger partial charge in [0, 0.05) is 24.7 Å². The molecule has 1 fully saturated rings. The van der Waals surface area contributed by atoms with Crippen LogP contribution in [0.2, 0.25) is 5.02 Å². The number of ether oxygens (including phenoxy) is 1. The summed E-state index contributed by atoms with van der Waals surface area (Å²) >= 11 is 5.86. The van der Waals surface area contributed by atoms with Crippen LogP contribution in [0.15, 0.2) is 18.2 Å². The average Bonchev–Trinajstić information content (AvgIpc) is 2.53. The molecule has 0 atom stereocenters. The lowest BCUT2D eigenvalue weighted by atomic mass is 9.97. The molecule has 1 aromatic rings. The van der Waals surface area contributed by atoms with Gasteiger partial charge in [-0.2, -0.15) is 0 Å². The maximum atomic E-state index is 12.2. The molecule has 1 aliphatic heterocycles. The van der Waals surface area contributed by atoms with E-state index in [9.17, 15) is 14.7 Å².